The Morgan fingerprint density at radius 3 is 2.96 bits per heavy atom. The molecular weight excluding hydrogens is 337 g/mol. The van der Waals surface area contributed by atoms with E-state index in [1.807, 2.05) is 6.07 Å². The number of morpholine rings is 1. The number of aromatic amines is 1. The van der Waals surface area contributed by atoms with Crippen LogP contribution in [0.3, 0.4) is 0 Å². The molecule has 0 spiro atoms. The van der Waals surface area contributed by atoms with Gasteiger partial charge < -0.3 is 14.6 Å². The third-order valence-electron chi connectivity index (χ3n) is 4.51. The van der Waals surface area contributed by atoms with E-state index < -0.39 is 0 Å². The summed E-state index contributed by atoms with van der Waals surface area (Å²) >= 11 is 0. The van der Waals surface area contributed by atoms with Crippen LogP contribution in [0, 0.1) is 19.7 Å². The summed E-state index contributed by atoms with van der Waals surface area (Å²) in [5, 5.41) is 0. The molecule has 1 saturated heterocycles. The van der Waals surface area contributed by atoms with Gasteiger partial charge >= 0.3 is 0 Å². The lowest BCUT2D eigenvalue weighted by Gasteiger charge is -2.33. The van der Waals surface area contributed by atoms with Gasteiger partial charge in [-0.1, -0.05) is 12.1 Å². The van der Waals surface area contributed by atoms with Crippen LogP contribution < -0.4 is 5.56 Å². The minimum atomic E-state index is -0.284. The van der Waals surface area contributed by atoms with Crippen molar-refractivity contribution in [1.29, 1.82) is 0 Å². The highest BCUT2D eigenvalue weighted by Gasteiger charge is 2.25. The number of aromatic nitrogens is 2. The first kappa shape index (κ1) is 18.3. The number of halogens is 1. The molecule has 26 heavy (non-hydrogen) atoms. The molecule has 7 heteroatoms. The van der Waals surface area contributed by atoms with Crippen LogP contribution >= 0.6 is 0 Å². The molecule has 1 atom stereocenters. The zero-order valence-corrected chi connectivity index (χ0v) is 14.9. The molecule has 0 saturated carbocycles. The SMILES string of the molecule is Cc1nc(C)c(CC(=O)N2CCOC(Cc3cccc(F)c3)C2)c(=O)[nH]1. The molecule has 1 amide bonds. The standard InChI is InChI=1S/C19H22FN3O3/c1-12-17(19(25)22-13(2)21-12)10-18(24)23-6-7-26-16(11-23)9-14-4-3-5-15(20)8-14/h3-5,8,16H,6-7,9-11H2,1-2H3,(H,21,22,25). The Kier molecular flexibility index (Phi) is 5.46. The Hall–Kier alpha value is -2.54. The maximum atomic E-state index is 13.3. The maximum absolute atomic E-state index is 13.3. The van der Waals surface area contributed by atoms with Gasteiger partial charge in [-0.2, -0.15) is 0 Å². The first-order valence-electron chi connectivity index (χ1n) is 8.62. The average molecular weight is 359 g/mol. The lowest BCUT2D eigenvalue weighted by molar-refractivity contribution is -0.138. The molecule has 1 aromatic heterocycles. The van der Waals surface area contributed by atoms with Crippen molar-refractivity contribution in [2.75, 3.05) is 19.7 Å². The summed E-state index contributed by atoms with van der Waals surface area (Å²) < 4.78 is 19.0. The van der Waals surface area contributed by atoms with Gasteiger partial charge in [-0.05, 0) is 31.5 Å². The molecule has 1 fully saturated rings. The van der Waals surface area contributed by atoms with Crippen LogP contribution in [0.15, 0.2) is 29.1 Å². The van der Waals surface area contributed by atoms with Gasteiger partial charge in [0.25, 0.3) is 5.56 Å². The van der Waals surface area contributed by atoms with Crippen molar-refractivity contribution in [3.8, 4) is 0 Å². The number of ether oxygens (including phenoxy) is 1. The number of nitrogens with zero attached hydrogens (tertiary/aromatic N) is 2. The van der Waals surface area contributed by atoms with Crippen molar-refractivity contribution in [2.45, 2.75) is 32.8 Å². The number of carbonyl (C=O) groups excluding carboxylic acids is 1. The van der Waals surface area contributed by atoms with Gasteiger partial charge in [0.1, 0.15) is 11.6 Å². The fourth-order valence-corrected chi connectivity index (χ4v) is 3.22. The van der Waals surface area contributed by atoms with E-state index in [0.29, 0.717) is 43.2 Å². The first-order chi connectivity index (χ1) is 12.4. The summed E-state index contributed by atoms with van der Waals surface area (Å²) in [5.41, 5.74) is 1.53. The van der Waals surface area contributed by atoms with Crippen molar-refractivity contribution < 1.29 is 13.9 Å². The van der Waals surface area contributed by atoms with Crippen molar-refractivity contribution in [3.63, 3.8) is 0 Å². The van der Waals surface area contributed by atoms with Crippen LogP contribution in [-0.2, 0) is 22.4 Å². The topological polar surface area (TPSA) is 75.3 Å². The summed E-state index contributed by atoms with van der Waals surface area (Å²) in [6, 6.07) is 6.38. The van der Waals surface area contributed by atoms with E-state index in [1.165, 1.54) is 12.1 Å². The lowest BCUT2D eigenvalue weighted by atomic mass is 10.1. The molecule has 1 unspecified atom stereocenters. The monoisotopic (exact) mass is 359 g/mol. The number of H-pyrrole nitrogens is 1. The number of rotatable bonds is 4. The smallest absolute Gasteiger partial charge is 0.254 e. The lowest BCUT2D eigenvalue weighted by Crippen LogP contribution is -2.47. The quantitative estimate of drug-likeness (QED) is 0.899. The summed E-state index contributed by atoms with van der Waals surface area (Å²) in [6.07, 6.45) is 0.360. The predicted octanol–water partition coefficient (Wildman–Crippen LogP) is 1.54. The maximum Gasteiger partial charge on any atom is 0.254 e. The second-order valence-corrected chi connectivity index (χ2v) is 6.56. The van der Waals surface area contributed by atoms with Crippen LogP contribution in [0.5, 0.6) is 0 Å². The average Bonchev–Trinajstić information content (AvgIpc) is 2.58. The number of benzene rings is 1. The normalized spacial score (nSPS) is 17.3. The summed E-state index contributed by atoms with van der Waals surface area (Å²) in [7, 11) is 0. The van der Waals surface area contributed by atoms with Crippen LogP contribution in [0.2, 0.25) is 0 Å². The van der Waals surface area contributed by atoms with Crippen LogP contribution in [0.25, 0.3) is 0 Å². The molecule has 1 aliphatic rings. The Balaban J connectivity index is 1.66. The minimum absolute atomic E-state index is 0.0150. The molecule has 3 rings (SSSR count). The Labute approximate surface area is 151 Å². The van der Waals surface area contributed by atoms with E-state index in [2.05, 4.69) is 9.97 Å². The largest absolute Gasteiger partial charge is 0.374 e. The molecule has 0 aliphatic carbocycles. The molecule has 1 aliphatic heterocycles. The second kappa shape index (κ2) is 7.78. The fourth-order valence-electron chi connectivity index (χ4n) is 3.22. The third-order valence-corrected chi connectivity index (χ3v) is 4.51. The highest BCUT2D eigenvalue weighted by Crippen LogP contribution is 2.14. The predicted molar refractivity (Wildman–Crippen MR) is 94.5 cm³/mol. The van der Waals surface area contributed by atoms with Crippen molar-refractivity contribution in [3.05, 3.63) is 63.1 Å². The number of aryl methyl sites for hydroxylation is 2. The van der Waals surface area contributed by atoms with Gasteiger partial charge in [-0.15, -0.1) is 0 Å². The van der Waals surface area contributed by atoms with Gasteiger partial charge in [0.2, 0.25) is 5.91 Å². The third kappa shape index (κ3) is 4.35. The number of hydrogen-bond acceptors (Lipinski definition) is 4. The van der Waals surface area contributed by atoms with Crippen molar-refractivity contribution >= 4 is 5.91 Å². The van der Waals surface area contributed by atoms with E-state index in [1.54, 1.807) is 24.8 Å². The van der Waals surface area contributed by atoms with Crippen molar-refractivity contribution in [2.24, 2.45) is 0 Å². The molecule has 6 nitrogen and oxygen atoms in total. The number of amides is 1. The minimum Gasteiger partial charge on any atom is -0.374 e. The van der Waals surface area contributed by atoms with E-state index in [-0.39, 0.29) is 29.8 Å². The van der Waals surface area contributed by atoms with Crippen molar-refractivity contribution in [1.82, 2.24) is 14.9 Å². The Bertz CT molecular complexity index is 865. The van der Waals surface area contributed by atoms with E-state index in [4.69, 9.17) is 4.74 Å². The highest BCUT2D eigenvalue weighted by molar-refractivity contribution is 5.79. The zero-order valence-electron chi connectivity index (χ0n) is 14.9. The zero-order chi connectivity index (χ0) is 18.7. The van der Waals surface area contributed by atoms with Gasteiger partial charge in [-0.3, -0.25) is 9.59 Å². The van der Waals surface area contributed by atoms with Gasteiger partial charge in [0, 0.05) is 30.8 Å². The molecule has 0 radical (unpaired) electrons. The molecule has 2 heterocycles. The molecule has 2 aromatic rings. The summed E-state index contributed by atoms with van der Waals surface area (Å²) in [6.45, 7) is 4.77. The molecule has 138 valence electrons. The number of carbonyl (C=O) groups is 1. The second-order valence-electron chi connectivity index (χ2n) is 6.56. The molecule has 1 N–H and O–H groups in total. The van der Waals surface area contributed by atoms with Crippen LogP contribution in [0.4, 0.5) is 4.39 Å². The van der Waals surface area contributed by atoms with Crippen LogP contribution in [-0.4, -0.2) is 46.6 Å². The molecular formula is C19H22FN3O3. The first-order valence-corrected chi connectivity index (χ1v) is 8.62. The number of nitrogens with one attached hydrogen (secondary N) is 1. The van der Waals surface area contributed by atoms with Gasteiger partial charge in [-0.25, -0.2) is 9.37 Å². The highest BCUT2D eigenvalue weighted by atomic mass is 19.1. The fraction of sp³-hybridized carbons (Fsp3) is 0.421. The van der Waals surface area contributed by atoms with E-state index >= 15 is 0 Å². The van der Waals surface area contributed by atoms with Gasteiger partial charge in [0.15, 0.2) is 0 Å². The number of hydrogen-bond donors (Lipinski definition) is 1. The summed E-state index contributed by atoms with van der Waals surface area (Å²) in [4.78, 5) is 33.3. The Morgan fingerprint density at radius 1 is 1.42 bits per heavy atom. The molecule has 0 bridgehead atoms. The molecule has 1 aromatic carbocycles. The van der Waals surface area contributed by atoms with E-state index in [0.717, 1.165) is 5.56 Å². The summed E-state index contributed by atoms with van der Waals surface area (Å²) in [5.74, 6) is 0.120. The Morgan fingerprint density at radius 2 is 2.23 bits per heavy atom. The van der Waals surface area contributed by atoms with Crippen LogP contribution in [0.1, 0.15) is 22.6 Å². The van der Waals surface area contributed by atoms with Gasteiger partial charge in [0.05, 0.1) is 19.1 Å². The van der Waals surface area contributed by atoms with E-state index in [9.17, 15) is 14.0 Å².